The van der Waals surface area contributed by atoms with E-state index in [0.717, 1.165) is 5.56 Å². The lowest BCUT2D eigenvalue weighted by Gasteiger charge is -2.07. The highest BCUT2D eigenvalue weighted by Gasteiger charge is 2.14. The summed E-state index contributed by atoms with van der Waals surface area (Å²) in [6.45, 7) is 1.88. The molecule has 0 amide bonds. The van der Waals surface area contributed by atoms with Crippen LogP contribution in [0.25, 0.3) is 0 Å². The fourth-order valence-corrected chi connectivity index (χ4v) is 2.50. The van der Waals surface area contributed by atoms with Crippen LogP contribution in [0.4, 0.5) is 5.69 Å². The molecule has 1 aromatic carbocycles. The van der Waals surface area contributed by atoms with Crippen molar-refractivity contribution >= 4 is 17.4 Å². The molecular formula is C13H13N3O2S. The van der Waals surface area contributed by atoms with Crippen LogP contribution in [-0.4, -0.2) is 9.91 Å². The molecule has 0 aliphatic rings. The highest BCUT2D eigenvalue weighted by Crippen LogP contribution is 2.33. The second-order valence-corrected chi connectivity index (χ2v) is 5.11. The van der Waals surface area contributed by atoms with Crippen LogP contribution >= 0.6 is 11.8 Å². The van der Waals surface area contributed by atoms with Crippen molar-refractivity contribution in [3.8, 4) is 0 Å². The van der Waals surface area contributed by atoms with Crippen molar-refractivity contribution in [1.82, 2.24) is 4.98 Å². The minimum atomic E-state index is -0.391. The molecule has 1 aromatic heterocycles. The first-order valence-corrected chi connectivity index (χ1v) is 6.52. The van der Waals surface area contributed by atoms with Crippen LogP contribution in [0.5, 0.6) is 0 Å². The van der Waals surface area contributed by atoms with Crippen molar-refractivity contribution in [2.45, 2.75) is 22.9 Å². The Morgan fingerprint density at radius 3 is 2.79 bits per heavy atom. The summed E-state index contributed by atoms with van der Waals surface area (Å²) in [4.78, 5) is 15.3. The molecule has 5 nitrogen and oxygen atoms in total. The summed E-state index contributed by atoms with van der Waals surface area (Å²) in [6.07, 6.45) is 1.66. The number of hydrogen-bond acceptors (Lipinski definition) is 5. The first-order chi connectivity index (χ1) is 9.08. The predicted octanol–water partition coefficient (Wildman–Crippen LogP) is 3.16. The zero-order chi connectivity index (χ0) is 13.8. The molecule has 0 saturated carbocycles. The highest BCUT2D eigenvalue weighted by molar-refractivity contribution is 7.99. The number of nitro groups is 1. The van der Waals surface area contributed by atoms with Crippen molar-refractivity contribution in [2.24, 2.45) is 5.73 Å². The van der Waals surface area contributed by atoms with E-state index >= 15 is 0 Å². The lowest BCUT2D eigenvalue weighted by atomic mass is 10.1. The standard InChI is InChI=1S/C13H13N3O2S/c1-9(14)10-6-7-15-13(8-10)19-12-5-3-2-4-11(12)16(17)18/h2-9H,14H2,1H3. The van der Waals surface area contributed by atoms with Crippen molar-refractivity contribution in [3.63, 3.8) is 0 Å². The van der Waals surface area contributed by atoms with Gasteiger partial charge < -0.3 is 5.73 Å². The number of nitrogens with two attached hydrogens (primary N) is 1. The van der Waals surface area contributed by atoms with Gasteiger partial charge in [0.15, 0.2) is 0 Å². The van der Waals surface area contributed by atoms with Gasteiger partial charge in [0.25, 0.3) is 5.69 Å². The molecule has 2 rings (SSSR count). The van der Waals surface area contributed by atoms with Crippen molar-refractivity contribution in [3.05, 3.63) is 58.3 Å². The van der Waals surface area contributed by atoms with Gasteiger partial charge in [-0.3, -0.25) is 10.1 Å². The Hall–Kier alpha value is -1.92. The molecule has 0 bridgehead atoms. The normalized spacial score (nSPS) is 12.1. The van der Waals surface area contributed by atoms with Crippen LogP contribution in [0.1, 0.15) is 18.5 Å². The maximum Gasteiger partial charge on any atom is 0.283 e. The summed E-state index contributed by atoms with van der Waals surface area (Å²) in [5.41, 5.74) is 6.85. The summed E-state index contributed by atoms with van der Waals surface area (Å²) in [5.74, 6) is 0. The van der Waals surface area contributed by atoms with E-state index in [4.69, 9.17) is 5.73 Å². The van der Waals surface area contributed by atoms with Crippen molar-refractivity contribution in [2.75, 3.05) is 0 Å². The molecule has 0 spiro atoms. The molecule has 1 heterocycles. The monoisotopic (exact) mass is 275 g/mol. The fraction of sp³-hybridized carbons (Fsp3) is 0.154. The number of aromatic nitrogens is 1. The van der Waals surface area contributed by atoms with Crippen LogP contribution in [0.2, 0.25) is 0 Å². The molecule has 0 saturated heterocycles. The van der Waals surface area contributed by atoms with E-state index in [2.05, 4.69) is 4.98 Å². The van der Waals surface area contributed by atoms with Gasteiger partial charge in [0.2, 0.25) is 0 Å². The van der Waals surface area contributed by atoms with E-state index in [1.165, 1.54) is 17.8 Å². The zero-order valence-corrected chi connectivity index (χ0v) is 11.1. The summed E-state index contributed by atoms with van der Waals surface area (Å²) in [7, 11) is 0. The molecule has 19 heavy (non-hydrogen) atoms. The Morgan fingerprint density at radius 2 is 2.11 bits per heavy atom. The van der Waals surface area contributed by atoms with E-state index in [1.54, 1.807) is 24.4 Å². The van der Waals surface area contributed by atoms with Gasteiger partial charge in [-0.05, 0) is 30.7 Å². The largest absolute Gasteiger partial charge is 0.324 e. The lowest BCUT2D eigenvalue weighted by Crippen LogP contribution is -2.05. The van der Waals surface area contributed by atoms with Gasteiger partial charge in [0.05, 0.1) is 9.82 Å². The third-order valence-corrected chi connectivity index (χ3v) is 3.56. The summed E-state index contributed by atoms with van der Waals surface area (Å²) < 4.78 is 0. The van der Waals surface area contributed by atoms with Gasteiger partial charge in [-0.1, -0.05) is 23.9 Å². The van der Waals surface area contributed by atoms with Gasteiger partial charge in [0.1, 0.15) is 5.03 Å². The first-order valence-electron chi connectivity index (χ1n) is 5.70. The Morgan fingerprint density at radius 1 is 1.37 bits per heavy atom. The van der Waals surface area contributed by atoms with Crippen molar-refractivity contribution in [1.29, 1.82) is 0 Å². The molecule has 0 radical (unpaired) electrons. The number of benzene rings is 1. The molecule has 6 heteroatoms. The van der Waals surface area contributed by atoms with Crippen LogP contribution in [0, 0.1) is 10.1 Å². The zero-order valence-electron chi connectivity index (χ0n) is 10.3. The molecule has 1 atom stereocenters. The molecule has 98 valence electrons. The van der Waals surface area contributed by atoms with Crippen molar-refractivity contribution < 1.29 is 4.92 Å². The lowest BCUT2D eigenvalue weighted by molar-refractivity contribution is -0.387. The molecule has 0 aliphatic heterocycles. The van der Waals surface area contributed by atoms with Gasteiger partial charge >= 0.3 is 0 Å². The van der Waals surface area contributed by atoms with Gasteiger partial charge in [-0.25, -0.2) is 4.98 Å². The topological polar surface area (TPSA) is 82.0 Å². The number of nitrogens with zero attached hydrogens (tertiary/aromatic N) is 2. The SMILES string of the molecule is CC(N)c1ccnc(Sc2ccccc2[N+](=O)[O-])c1. The number of para-hydroxylation sites is 1. The molecule has 0 fully saturated rings. The molecule has 1 unspecified atom stereocenters. The minimum absolute atomic E-state index is 0.0838. The van der Waals surface area contributed by atoms with E-state index in [-0.39, 0.29) is 11.7 Å². The summed E-state index contributed by atoms with van der Waals surface area (Å²) in [5, 5.41) is 11.6. The van der Waals surface area contributed by atoms with E-state index in [1.807, 2.05) is 19.1 Å². The Balaban J connectivity index is 2.31. The summed E-state index contributed by atoms with van der Waals surface area (Å²) >= 11 is 1.27. The predicted molar refractivity (Wildman–Crippen MR) is 74.1 cm³/mol. The van der Waals surface area contributed by atoms with Gasteiger partial charge in [0, 0.05) is 18.3 Å². The second kappa shape index (κ2) is 5.81. The highest BCUT2D eigenvalue weighted by atomic mass is 32.2. The fourth-order valence-electron chi connectivity index (χ4n) is 1.57. The Bertz CT molecular complexity index is 602. The third kappa shape index (κ3) is 3.30. The van der Waals surface area contributed by atoms with Crippen LogP contribution < -0.4 is 5.73 Å². The van der Waals surface area contributed by atoms with Crippen LogP contribution in [-0.2, 0) is 0 Å². The average Bonchev–Trinajstić information content (AvgIpc) is 2.39. The smallest absolute Gasteiger partial charge is 0.283 e. The second-order valence-electron chi connectivity index (χ2n) is 4.04. The van der Waals surface area contributed by atoms with Crippen LogP contribution in [0.3, 0.4) is 0 Å². The number of nitro benzene ring substituents is 1. The van der Waals surface area contributed by atoms with E-state index in [9.17, 15) is 10.1 Å². The number of rotatable bonds is 4. The molecular weight excluding hydrogens is 262 g/mol. The number of hydrogen-bond donors (Lipinski definition) is 1. The van der Waals surface area contributed by atoms with E-state index in [0.29, 0.717) is 9.92 Å². The Labute approximate surface area is 115 Å². The average molecular weight is 275 g/mol. The van der Waals surface area contributed by atoms with E-state index < -0.39 is 4.92 Å². The minimum Gasteiger partial charge on any atom is -0.324 e. The van der Waals surface area contributed by atoms with Crippen LogP contribution in [0.15, 0.2) is 52.5 Å². The van der Waals surface area contributed by atoms with Gasteiger partial charge in [-0.15, -0.1) is 0 Å². The Kier molecular flexibility index (Phi) is 4.13. The van der Waals surface area contributed by atoms with Gasteiger partial charge in [-0.2, -0.15) is 0 Å². The first kappa shape index (κ1) is 13.5. The maximum absolute atomic E-state index is 10.9. The quantitative estimate of drug-likeness (QED) is 0.684. The molecule has 2 aromatic rings. The third-order valence-electron chi connectivity index (χ3n) is 2.56. The molecule has 0 aliphatic carbocycles. The summed E-state index contributed by atoms with van der Waals surface area (Å²) in [6, 6.07) is 10.2. The molecule has 2 N–H and O–H groups in total. The number of pyridine rings is 1. The maximum atomic E-state index is 10.9.